The molecule has 2 aromatic rings. The van der Waals surface area contributed by atoms with E-state index in [-0.39, 0.29) is 17.3 Å². The first-order chi connectivity index (χ1) is 10.0. The number of H-pyrrole nitrogens is 1. The fraction of sp³-hybridized carbons (Fsp3) is 0.286. The lowest BCUT2D eigenvalue weighted by molar-refractivity contribution is 0.0696. The van der Waals surface area contributed by atoms with Gasteiger partial charge in [0.1, 0.15) is 5.82 Å². The molecule has 0 atom stereocenters. The molecule has 0 aliphatic carbocycles. The standard InChI is InChI=1S/C14H14N4O3/c1-8-15-12(17-16-8)13(19)18-5-4-9-2-3-10(14(20)21)6-11(9)7-18/h2-3,6H,4-5,7H2,1H3,(H,20,21)(H,15,16,17). The number of amides is 1. The van der Waals surface area contributed by atoms with Gasteiger partial charge in [-0.25, -0.2) is 9.78 Å². The first kappa shape index (κ1) is 13.3. The molecule has 0 spiro atoms. The van der Waals surface area contributed by atoms with Crippen molar-refractivity contribution < 1.29 is 14.7 Å². The minimum atomic E-state index is -0.967. The summed E-state index contributed by atoms with van der Waals surface area (Å²) in [6.07, 6.45) is 0.699. The molecule has 7 heteroatoms. The highest BCUT2D eigenvalue weighted by molar-refractivity contribution is 5.91. The zero-order valence-corrected chi connectivity index (χ0v) is 11.5. The van der Waals surface area contributed by atoms with E-state index in [0.717, 1.165) is 11.1 Å². The first-order valence-electron chi connectivity index (χ1n) is 6.58. The van der Waals surface area contributed by atoms with Crippen LogP contribution in [0.5, 0.6) is 0 Å². The predicted molar refractivity (Wildman–Crippen MR) is 73.0 cm³/mol. The Balaban J connectivity index is 1.84. The molecule has 2 heterocycles. The Morgan fingerprint density at radius 1 is 1.33 bits per heavy atom. The molecule has 1 aromatic carbocycles. The average Bonchev–Trinajstić information content (AvgIpc) is 2.91. The minimum absolute atomic E-state index is 0.144. The van der Waals surface area contributed by atoms with Crippen LogP contribution in [0, 0.1) is 6.92 Å². The lowest BCUT2D eigenvalue weighted by atomic mass is 9.97. The topological polar surface area (TPSA) is 99.2 Å². The summed E-state index contributed by atoms with van der Waals surface area (Å²) in [5.74, 6) is -0.481. The number of carboxylic acid groups (broad SMARTS) is 1. The van der Waals surface area contributed by atoms with E-state index in [1.54, 1.807) is 24.0 Å². The van der Waals surface area contributed by atoms with E-state index in [2.05, 4.69) is 15.2 Å². The fourth-order valence-electron chi connectivity index (χ4n) is 2.44. The van der Waals surface area contributed by atoms with Crippen molar-refractivity contribution in [2.24, 2.45) is 0 Å². The van der Waals surface area contributed by atoms with Gasteiger partial charge in [-0.05, 0) is 36.6 Å². The van der Waals surface area contributed by atoms with E-state index in [9.17, 15) is 9.59 Å². The molecular weight excluding hydrogens is 272 g/mol. The number of carbonyl (C=O) groups excluding carboxylic acids is 1. The van der Waals surface area contributed by atoms with Crippen LogP contribution < -0.4 is 0 Å². The molecule has 0 bridgehead atoms. The van der Waals surface area contributed by atoms with E-state index >= 15 is 0 Å². The number of benzene rings is 1. The molecule has 1 aliphatic heterocycles. The summed E-state index contributed by atoms with van der Waals surface area (Å²) in [7, 11) is 0. The van der Waals surface area contributed by atoms with Crippen molar-refractivity contribution in [1.82, 2.24) is 20.1 Å². The van der Waals surface area contributed by atoms with Crippen LogP contribution >= 0.6 is 0 Å². The Hall–Kier alpha value is -2.70. The van der Waals surface area contributed by atoms with Crippen LogP contribution in [0.15, 0.2) is 18.2 Å². The van der Waals surface area contributed by atoms with Gasteiger partial charge < -0.3 is 10.0 Å². The number of aromatic carboxylic acids is 1. The van der Waals surface area contributed by atoms with Crippen molar-refractivity contribution in [2.45, 2.75) is 19.9 Å². The largest absolute Gasteiger partial charge is 0.478 e. The summed E-state index contributed by atoms with van der Waals surface area (Å²) >= 11 is 0. The average molecular weight is 286 g/mol. The monoisotopic (exact) mass is 286 g/mol. The third-order valence-corrected chi connectivity index (χ3v) is 3.54. The van der Waals surface area contributed by atoms with Gasteiger partial charge in [-0.15, -0.1) is 5.10 Å². The van der Waals surface area contributed by atoms with Crippen molar-refractivity contribution in [1.29, 1.82) is 0 Å². The summed E-state index contributed by atoms with van der Waals surface area (Å²) in [6.45, 7) is 2.68. The van der Waals surface area contributed by atoms with Crippen LogP contribution in [0.25, 0.3) is 0 Å². The number of carboxylic acids is 1. The number of hydrogen-bond donors (Lipinski definition) is 2. The molecule has 0 radical (unpaired) electrons. The van der Waals surface area contributed by atoms with Gasteiger partial charge in [0.05, 0.1) is 5.56 Å². The smallest absolute Gasteiger partial charge is 0.335 e. The van der Waals surface area contributed by atoms with Gasteiger partial charge in [0.25, 0.3) is 5.91 Å². The Labute approximate surface area is 120 Å². The molecule has 21 heavy (non-hydrogen) atoms. The van der Waals surface area contributed by atoms with Crippen LogP contribution in [0.1, 0.15) is 37.9 Å². The molecule has 7 nitrogen and oxygen atoms in total. The third-order valence-electron chi connectivity index (χ3n) is 3.54. The third kappa shape index (κ3) is 2.49. The maximum Gasteiger partial charge on any atom is 0.335 e. The van der Waals surface area contributed by atoms with Crippen molar-refractivity contribution in [3.8, 4) is 0 Å². The maximum absolute atomic E-state index is 12.3. The van der Waals surface area contributed by atoms with Crippen molar-refractivity contribution in [2.75, 3.05) is 6.54 Å². The molecule has 1 aromatic heterocycles. The summed E-state index contributed by atoms with van der Waals surface area (Å²) < 4.78 is 0. The summed E-state index contributed by atoms with van der Waals surface area (Å²) in [5.41, 5.74) is 2.17. The molecule has 108 valence electrons. The number of nitrogens with zero attached hydrogens (tertiary/aromatic N) is 3. The molecule has 0 unspecified atom stereocenters. The minimum Gasteiger partial charge on any atom is -0.478 e. The van der Waals surface area contributed by atoms with E-state index in [1.165, 1.54) is 0 Å². The Kier molecular flexibility index (Phi) is 3.17. The van der Waals surface area contributed by atoms with E-state index < -0.39 is 5.97 Å². The molecule has 0 fully saturated rings. The highest BCUT2D eigenvalue weighted by Crippen LogP contribution is 2.21. The molecule has 0 saturated heterocycles. The number of carbonyl (C=O) groups is 2. The van der Waals surface area contributed by atoms with Crippen LogP contribution in [-0.4, -0.2) is 43.6 Å². The van der Waals surface area contributed by atoms with E-state index in [0.29, 0.717) is 25.3 Å². The van der Waals surface area contributed by atoms with Gasteiger partial charge >= 0.3 is 5.97 Å². The maximum atomic E-state index is 12.3. The number of nitrogens with one attached hydrogen (secondary N) is 1. The van der Waals surface area contributed by atoms with Crippen LogP contribution in [0.4, 0.5) is 0 Å². The number of aromatic amines is 1. The quantitative estimate of drug-likeness (QED) is 0.858. The predicted octanol–water partition coefficient (Wildman–Crippen LogP) is 1.01. The molecule has 2 N–H and O–H groups in total. The SMILES string of the molecule is Cc1nc(C(=O)N2CCc3ccc(C(=O)O)cc3C2)n[nH]1. The number of aryl methyl sites for hydroxylation is 1. The van der Waals surface area contributed by atoms with E-state index in [1.807, 2.05) is 6.07 Å². The van der Waals surface area contributed by atoms with Crippen molar-refractivity contribution in [3.05, 3.63) is 46.5 Å². The van der Waals surface area contributed by atoms with Crippen molar-refractivity contribution in [3.63, 3.8) is 0 Å². The second kappa shape index (κ2) is 5.01. The van der Waals surface area contributed by atoms with Crippen molar-refractivity contribution >= 4 is 11.9 Å². The second-order valence-corrected chi connectivity index (χ2v) is 5.01. The Bertz CT molecular complexity index is 723. The molecular formula is C14H14N4O3. The van der Waals surface area contributed by atoms with Gasteiger partial charge in [-0.1, -0.05) is 6.07 Å². The second-order valence-electron chi connectivity index (χ2n) is 5.01. The molecule has 3 rings (SSSR count). The zero-order chi connectivity index (χ0) is 15.0. The van der Waals surface area contributed by atoms with Gasteiger partial charge in [0.2, 0.25) is 5.82 Å². The number of fused-ring (bicyclic) bond motifs is 1. The Morgan fingerprint density at radius 3 is 2.81 bits per heavy atom. The molecule has 0 saturated carbocycles. The highest BCUT2D eigenvalue weighted by atomic mass is 16.4. The zero-order valence-electron chi connectivity index (χ0n) is 11.5. The number of aromatic nitrogens is 3. The van der Waals surface area contributed by atoms with Crippen LogP contribution in [-0.2, 0) is 13.0 Å². The normalized spacial score (nSPS) is 13.9. The summed E-state index contributed by atoms with van der Waals surface area (Å²) in [4.78, 5) is 29.0. The van der Waals surface area contributed by atoms with Gasteiger partial charge in [-0.3, -0.25) is 9.89 Å². The fourth-order valence-corrected chi connectivity index (χ4v) is 2.44. The van der Waals surface area contributed by atoms with Crippen LogP contribution in [0.3, 0.4) is 0 Å². The van der Waals surface area contributed by atoms with E-state index in [4.69, 9.17) is 5.11 Å². The van der Waals surface area contributed by atoms with Gasteiger partial charge in [0, 0.05) is 13.1 Å². The number of hydrogen-bond acceptors (Lipinski definition) is 4. The van der Waals surface area contributed by atoms with Crippen LogP contribution in [0.2, 0.25) is 0 Å². The highest BCUT2D eigenvalue weighted by Gasteiger charge is 2.24. The number of rotatable bonds is 2. The summed E-state index contributed by atoms with van der Waals surface area (Å²) in [6, 6.07) is 5.04. The Morgan fingerprint density at radius 2 is 2.14 bits per heavy atom. The van der Waals surface area contributed by atoms with Gasteiger partial charge in [0.15, 0.2) is 0 Å². The molecule has 1 amide bonds. The summed E-state index contributed by atoms with van der Waals surface area (Å²) in [5, 5.41) is 15.6. The van der Waals surface area contributed by atoms with Gasteiger partial charge in [-0.2, -0.15) is 0 Å². The first-order valence-corrected chi connectivity index (χ1v) is 6.58. The lowest BCUT2D eigenvalue weighted by Crippen LogP contribution is -2.36. The lowest BCUT2D eigenvalue weighted by Gasteiger charge is -2.28. The molecule has 1 aliphatic rings.